The molecule has 0 saturated carbocycles. The molecule has 0 heterocycles. The summed E-state index contributed by atoms with van der Waals surface area (Å²) in [5, 5.41) is 2.89. The molecule has 1 N–H and O–H groups in total. The van der Waals surface area contributed by atoms with Crippen molar-refractivity contribution in [2.75, 3.05) is 31.0 Å². The van der Waals surface area contributed by atoms with Crippen molar-refractivity contribution in [3.63, 3.8) is 0 Å². The maximum absolute atomic E-state index is 11.4. The lowest BCUT2D eigenvalue weighted by molar-refractivity contribution is -0.120. The van der Waals surface area contributed by atoms with Gasteiger partial charge in [0.1, 0.15) is 0 Å². The van der Waals surface area contributed by atoms with Gasteiger partial charge in [0.05, 0.1) is 7.14 Å². The molecule has 0 aromatic rings. The number of thioether (sulfide) groups is 1. The molecule has 0 aromatic carbocycles. The first-order valence-electron chi connectivity index (χ1n) is 5.03. The van der Waals surface area contributed by atoms with Gasteiger partial charge in [0, 0.05) is 30.1 Å². The summed E-state index contributed by atoms with van der Waals surface area (Å²) >= 11 is 1.74. The van der Waals surface area contributed by atoms with Crippen molar-refractivity contribution < 1.29 is 9.36 Å². The molecule has 0 aliphatic rings. The summed E-state index contributed by atoms with van der Waals surface area (Å²) in [5.41, 5.74) is -0.179. The Morgan fingerprint density at radius 2 is 1.93 bits per heavy atom. The summed E-state index contributed by atoms with van der Waals surface area (Å²) in [7, 11) is -1.88. The van der Waals surface area contributed by atoms with Gasteiger partial charge in [-0.1, -0.05) is 0 Å². The number of carbonyl (C=O) groups is 1. The monoisotopic (exact) mass is 251 g/mol. The van der Waals surface area contributed by atoms with Gasteiger partial charge in [0.25, 0.3) is 0 Å². The molecule has 0 saturated heterocycles. The van der Waals surface area contributed by atoms with Crippen molar-refractivity contribution in [3.05, 3.63) is 0 Å². The highest BCUT2D eigenvalue weighted by molar-refractivity contribution is 7.99. The minimum atomic E-state index is -1.88. The predicted octanol–water partition coefficient (Wildman–Crippen LogP) is 2.26. The minimum Gasteiger partial charge on any atom is -0.351 e. The van der Waals surface area contributed by atoms with Crippen molar-refractivity contribution in [2.24, 2.45) is 0 Å². The third kappa shape index (κ3) is 10.3. The van der Waals surface area contributed by atoms with Crippen LogP contribution in [0.2, 0.25) is 0 Å². The van der Waals surface area contributed by atoms with Gasteiger partial charge < -0.3 is 9.88 Å². The summed E-state index contributed by atoms with van der Waals surface area (Å²) in [4.78, 5) is 10.9. The normalized spacial score (nSPS) is 12.6. The molecule has 5 heteroatoms. The highest BCUT2D eigenvalue weighted by atomic mass is 32.2. The van der Waals surface area contributed by atoms with Gasteiger partial charge in [-0.05, 0) is 27.2 Å². The highest BCUT2D eigenvalue weighted by Gasteiger charge is 2.18. The van der Waals surface area contributed by atoms with E-state index < -0.39 is 7.14 Å². The fourth-order valence-corrected chi connectivity index (χ4v) is 4.13. The number of hydrogen-bond acceptors (Lipinski definition) is 3. The third-order valence-corrected chi connectivity index (χ3v) is 4.77. The Morgan fingerprint density at radius 1 is 1.40 bits per heavy atom. The molecule has 1 amide bonds. The molecular formula is C10H22NO2PS. The van der Waals surface area contributed by atoms with Crippen molar-refractivity contribution >= 4 is 24.8 Å². The number of hydrogen-bond donors (Lipinski definition) is 1. The van der Waals surface area contributed by atoms with Gasteiger partial charge in [-0.25, -0.2) is 0 Å². The number of rotatable bonds is 6. The SMILES string of the molecule is CC(=O)NC(C)(C)CSCCP(C)(C)=O. The molecule has 0 spiro atoms. The molecule has 0 radical (unpaired) electrons. The molecule has 0 rings (SSSR count). The first kappa shape index (κ1) is 15.0. The largest absolute Gasteiger partial charge is 0.351 e. The van der Waals surface area contributed by atoms with Crippen molar-refractivity contribution in [3.8, 4) is 0 Å². The zero-order chi connectivity index (χ0) is 12.1. The van der Waals surface area contributed by atoms with Crippen LogP contribution in [-0.2, 0) is 9.36 Å². The summed E-state index contributed by atoms with van der Waals surface area (Å²) in [6.07, 6.45) is 0.772. The van der Waals surface area contributed by atoms with Crippen LogP contribution >= 0.6 is 18.9 Å². The smallest absolute Gasteiger partial charge is 0.217 e. The fourth-order valence-electron chi connectivity index (χ4n) is 1.12. The van der Waals surface area contributed by atoms with Crippen molar-refractivity contribution in [1.29, 1.82) is 0 Å². The second kappa shape index (κ2) is 5.95. The number of nitrogens with one attached hydrogen (secondary N) is 1. The van der Waals surface area contributed by atoms with E-state index in [0.717, 1.165) is 17.7 Å². The van der Waals surface area contributed by atoms with Crippen LogP contribution in [0.4, 0.5) is 0 Å². The van der Waals surface area contributed by atoms with E-state index in [4.69, 9.17) is 0 Å². The van der Waals surface area contributed by atoms with Gasteiger partial charge in [-0.3, -0.25) is 4.79 Å². The molecule has 90 valence electrons. The second-order valence-corrected chi connectivity index (χ2v) is 9.62. The van der Waals surface area contributed by atoms with Gasteiger partial charge in [-0.2, -0.15) is 11.8 Å². The maximum Gasteiger partial charge on any atom is 0.217 e. The van der Waals surface area contributed by atoms with Gasteiger partial charge >= 0.3 is 0 Å². The molecule has 0 aliphatic carbocycles. The Morgan fingerprint density at radius 3 is 2.33 bits per heavy atom. The first-order chi connectivity index (χ1) is 6.62. The van der Waals surface area contributed by atoms with E-state index in [9.17, 15) is 9.36 Å². The van der Waals surface area contributed by atoms with Gasteiger partial charge in [0.2, 0.25) is 5.91 Å². The van der Waals surface area contributed by atoms with Crippen LogP contribution in [-0.4, -0.2) is 42.4 Å². The Kier molecular flexibility index (Phi) is 5.97. The Bertz CT molecular complexity index is 260. The van der Waals surface area contributed by atoms with E-state index in [0.29, 0.717) is 0 Å². The number of amides is 1. The molecule has 0 fully saturated rings. The van der Waals surface area contributed by atoms with Gasteiger partial charge in [0.15, 0.2) is 0 Å². The summed E-state index contributed by atoms with van der Waals surface area (Å²) in [6.45, 7) is 9.15. The minimum absolute atomic E-state index is 0.00254. The van der Waals surface area contributed by atoms with Crippen LogP contribution in [0.5, 0.6) is 0 Å². The topological polar surface area (TPSA) is 46.2 Å². The molecular weight excluding hydrogens is 229 g/mol. The highest BCUT2D eigenvalue weighted by Crippen LogP contribution is 2.36. The van der Waals surface area contributed by atoms with E-state index in [1.54, 1.807) is 11.8 Å². The van der Waals surface area contributed by atoms with E-state index in [1.807, 2.05) is 27.2 Å². The zero-order valence-electron chi connectivity index (χ0n) is 10.3. The molecule has 3 nitrogen and oxygen atoms in total. The van der Waals surface area contributed by atoms with Crippen LogP contribution < -0.4 is 5.32 Å². The lowest BCUT2D eigenvalue weighted by Gasteiger charge is -2.25. The fraction of sp³-hybridized carbons (Fsp3) is 0.900. The number of carbonyl (C=O) groups excluding carboxylic acids is 1. The first-order valence-corrected chi connectivity index (χ1v) is 8.97. The zero-order valence-corrected chi connectivity index (χ0v) is 12.0. The average Bonchev–Trinajstić information content (AvgIpc) is 1.93. The predicted molar refractivity (Wildman–Crippen MR) is 69.5 cm³/mol. The third-order valence-electron chi connectivity index (χ3n) is 1.75. The summed E-state index contributed by atoms with van der Waals surface area (Å²) in [5.74, 6) is 1.75. The Hall–Kier alpha value is 0.0500. The quantitative estimate of drug-likeness (QED) is 0.582. The van der Waals surface area contributed by atoms with Crippen molar-refractivity contribution in [1.82, 2.24) is 5.32 Å². The summed E-state index contributed by atoms with van der Waals surface area (Å²) < 4.78 is 11.4. The maximum atomic E-state index is 11.4. The molecule has 0 aliphatic heterocycles. The molecule has 15 heavy (non-hydrogen) atoms. The van der Waals surface area contributed by atoms with E-state index >= 15 is 0 Å². The van der Waals surface area contributed by atoms with E-state index in [-0.39, 0.29) is 11.4 Å². The van der Waals surface area contributed by atoms with Crippen LogP contribution in [0.25, 0.3) is 0 Å². The lowest BCUT2D eigenvalue weighted by Crippen LogP contribution is -2.44. The van der Waals surface area contributed by atoms with Crippen LogP contribution in [0.15, 0.2) is 0 Å². The van der Waals surface area contributed by atoms with Crippen LogP contribution in [0, 0.1) is 0 Å². The Balaban J connectivity index is 3.76. The van der Waals surface area contributed by atoms with Gasteiger partial charge in [-0.15, -0.1) is 0 Å². The van der Waals surface area contributed by atoms with E-state index in [1.165, 1.54) is 6.92 Å². The average molecular weight is 251 g/mol. The summed E-state index contributed by atoms with van der Waals surface area (Å²) in [6, 6.07) is 0. The molecule has 0 aromatic heterocycles. The van der Waals surface area contributed by atoms with Crippen molar-refractivity contribution in [2.45, 2.75) is 26.3 Å². The van der Waals surface area contributed by atoms with Crippen LogP contribution in [0.3, 0.4) is 0 Å². The molecule has 0 unspecified atom stereocenters. The Labute approximate surface area is 97.1 Å². The standard InChI is InChI=1S/C10H22NO2PS/c1-9(12)11-10(2,3)8-15-7-6-14(4,5)13/h6-8H2,1-5H3,(H,11,12). The van der Waals surface area contributed by atoms with E-state index in [2.05, 4.69) is 5.32 Å². The second-order valence-electron chi connectivity index (χ2n) is 4.92. The molecule has 0 bridgehead atoms. The van der Waals surface area contributed by atoms with Crippen LogP contribution in [0.1, 0.15) is 20.8 Å². The molecule has 0 atom stereocenters. The lowest BCUT2D eigenvalue weighted by atomic mass is 10.1.